The molecule has 0 unspecified atom stereocenters. The van der Waals surface area contributed by atoms with Gasteiger partial charge in [-0.3, -0.25) is 0 Å². The van der Waals surface area contributed by atoms with Crippen molar-refractivity contribution < 1.29 is 5.11 Å². The summed E-state index contributed by atoms with van der Waals surface area (Å²) in [4.78, 5) is 2.30. The zero-order valence-electron chi connectivity index (χ0n) is 8.25. The summed E-state index contributed by atoms with van der Waals surface area (Å²) in [6, 6.07) is 0.863. The van der Waals surface area contributed by atoms with Gasteiger partial charge in [0.15, 0.2) is 0 Å². The first-order chi connectivity index (χ1) is 5.52. The molecule has 0 aromatic carbocycles. The van der Waals surface area contributed by atoms with E-state index in [1.165, 1.54) is 0 Å². The molecule has 0 bridgehead atoms. The molecule has 0 aliphatic carbocycles. The molecule has 1 N–H and O–H groups in total. The molecule has 1 fully saturated rings. The van der Waals surface area contributed by atoms with Crippen LogP contribution in [0.25, 0.3) is 0 Å². The van der Waals surface area contributed by atoms with Gasteiger partial charge in [0.05, 0.1) is 6.10 Å². The highest BCUT2D eigenvalue weighted by Crippen LogP contribution is 2.25. The van der Waals surface area contributed by atoms with Gasteiger partial charge in [-0.25, -0.2) is 0 Å². The van der Waals surface area contributed by atoms with E-state index < -0.39 is 0 Å². The third-order valence-corrected chi connectivity index (χ3v) is 2.62. The van der Waals surface area contributed by atoms with Gasteiger partial charge in [0.1, 0.15) is 0 Å². The number of hydrogen-bond acceptors (Lipinski definition) is 2. The summed E-state index contributed by atoms with van der Waals surface area (Å²) in [5, 5.41) is 9.49. The highest BCUT2D eigenvalue weighted by molar-refractivity contribution is 4.98. The van der Waals surface area contributed by atoms with Crippen LogP contribution in [0.5, 0.6) is 0 Å². The molecule has 0 saturated carbocycles. The van der Waals surface area contributed by atoms with E-state index in [9.17, 15) is 5.11 Å². The summed E-state index contributed by atoms with van der Waals surface area (Å²) in [6.07, 6.45) is 1.62. The van der Waals surface area contributed by atoms with Crippen molar-refractivity contribution in [1.82, 2.24) is 4.90 Å². The second-order valence-electron chi connectivity index (χ2n) is 3.97. The van der Waals surface area contributed by atoms with Crippen molar-refractivity contribution in [1.29, 1.82) is 0 Å². The van der Waals surface area contributed by atoms with E-state index in [2.05, 4.69) is 25.3 Å². The van der Waals surface area contributed by atoms with Crippen LogP contribution in [0.3, 0.4) is 0 Å². The molecule has 0 radical (unpaired) electrons. The van der Waals surface area contributed by atoms with Crippen molar-refractivity contribution in [3.63, 3.8) is 0 Å². The maximum Gasteiger partial charge on any atom is 0.0579 e. The maximum atomic E-state index is 9.49. The molecule has 70 valence electrons. The largest absolute Gasteiger partial charge is 0.393 e. The highest BCUT2D eigenvalue weighted by atomic mass is 16.3. The Morgan fingerprint density at radius 1 is 1.33 bits per heavy atom. The molecule has 1 aliphatic heterocycles. The van der Waals surface area contributed by atoms with Gasteiger partial charge in [0.25, 0.3) is 0 Å². The fraction of sp³-hybridized carbons (Fsp3) is 0.800. The van der Waals surface area contributed by atoms with E-state index in [0.717, 1.165) is 18.5 Å². The van der Waals surface area contributed by atoms with Crippen LogP contribution in [0, 0.1) is 0 Å². The lowest BCUT2D eigenvalue weighted by molar-refractivity contribution is 0.0340. The normalized spacial score (nSPS) is 36.7. The molecule has 0 spiro atoms. The molecule has 1 saturated heterocycles. The van der Waals surface area contributed by atoms with Crippen LogP contribution in [-0.2, 0) is 0 Å². The maximum absolute atomic E-state index is 9.49. The van der Waals surface area contributed by atoms with Crippen LogP contribution < -0.4 is 0 Å². The molecule has 12 heavy (non-hydrogen) atoms. The fourth-order valence-electron chi connectivity index (χ4n) is 2.30. The van der Waals surface area contributed by atoms with Crippen molar-refractivity contribution in [2.75, 3.05) is 0 Å². The Labute approximate surface area is 74.9 Å². The second kappa shape index (κ2) is 3.48. The molecule has 2 nitrogen and oxygen atoms in total. The van der Waals surface area contributed by atoms with Gasteiger partial charge in [-0.15, -0.1) is 0 Å². The monoisotopic (exact) mass is 169 g/mol. The van der Waals surface area contributed by atoms with E-state index in [-0.39, 0.29) is 6.10 Å². The van der Waals surface area contributed by atoms with E-state index in [1.807, 2.05) is 6.92 Å². The minimum atomic E-state index is -0.120. The first kappa shape index (κ1) is 9.59. The lowest BCUT2D eigenvalue weighted by Crippen LogP contribution is -2.46. The lowest BCUT2D eigenvalue weighted by atomic mass is 9.94. The van der Waals surface area contributed by atoms with Gasteiger partial charge in [-0.05, 0) is 33.6 Å². The number of aliphatic hydroxyl groups is 1. The van der Waals surface area contributed by atoms with Crippen LogP contribution >= 0.6 is 0 Å². The van der Waals surface area contributed by atoms with E-state index in [0.29, 0.717) is 12.1 Å². The van der Waals surface area contributed by atoms with E-state index in [1.54, 1.807) is 0 Å². The topological polar surface area (TPSA) is 23.5 Å². The Balaban J connectivity index is 2.66. The Morgan fingerprint density at radius 3 is 2.08 bits per heavy atom. The lowest BCUT2D eigenvalue weighted by Gasteiger charge is -2.43. The first-order valence-corrected chi connectivity index (χ1v) is 4.64. The minimum Gasteiger partial charge on any atom is -0.393 e. The van der Waals surface area contributed by atoms with Crippen LogP contribution in [0.1, 0.15) is 33.6 Å². The number of likely N-dealkylation sites (tertiary alicyclic amines) is 1. The average molecular weight is 169 g/mol. The molecule has 1 rings (SSSR count). The summed E-state index contributed by atoms with van der Waals surface area (Å²) in [7, 11) is 0. The number of hydrogen-bond donors (Lipinski definition) is 1. The van der Waals surface area contributed by atoms with Crippen LogP contribution in [-0.4, -0.2) is 28.2 Å². The molecule has 0 aromatic heterocycles. The van der Waals surface area contributed by atoms with Crippen molar-refractivity contribution >= 4 is 0 Å². The fourth-order valence-corrected chi connectivity index (χ4v) is 2.30. The van der Waals surface area contributed by atoms with Crippen molar-refractivity contribution in [3.8, 4) is 0 Å². The Bertz CT molecular complexity index is 167. The Kier molecular flexibility index (Phi) is 2.78. The summed E-state index contributed by atoms with van der Waals surface area (Å²) in [5.41, 5.74) is 1.11. The zero-order valence-corrected chi connectivity index (χ0v) is 8.25. The number of aliphatic hydroxyl groups excluding tert-OH is 1. The number of allylic oxidation sites excluding steroid dienone is 1. The van der Waals surface area contributed by atoms with Crippen molar-refractivity contribution in [2.45, 2.75) is 51.8 Å². The van der Waals surface area contributed by atoms with Gasteiger partial charge in [-0.2, -0.15) is 0 Å². The van der Waals surface area contributed by atoms with Gasteiger partial charge >= 0.3 is 0 Å². The molecule has 2 atom stereocenters. The molecular formula is C10H19NO. The van der Waals surface area contributed by atoms with Gasteiger partial charge in [-0.1, -0.05) is 6.58 Å². The number of rotatable bonds is 1. The predicted octanol–water partition coefficient (Wildman–Crippen LogP) is 1.75. The van der Waals surface area contributed by atoms with Gasteiger partial charge in [0, 0.05) is 17.8 Å². The highest BCUT2D eigenvalue weighted by Gasteiger charge is 2.28. The summed E-state index contributed by atoms with van der Waals surface area (Å²) in [6.45, 7) is 10.3. The molecule has 1 aliphatic rings. The summed E-state index contributed by atoms with van der Waals surface area (Å²) in [5.74, 6) is 0. The van der Waals surface area contributed by atoms with E-state index in [4.69, 9.17) is 0 Å². The molecule has 0 amide bonds. The third-order valence-electron chi connectivity index (χ3n) is 2.62. The van der Waals surface area contributed by atoms with Crippen LogP contribution in [0.4, 0.5) is 0 Å². The smallest absolute Gasteiger partial charge is 0.0579 e. The third kappa shape index (κ3) is 1.81. The molecule has 2 heteroatoms. The minimum absolute atomic E-state index is 0.120. The van der Waals surface area contributed by atoms with Gasteiger partial charge < -0.3 is 10.0 Å². The quantitative estimate of drug-likeness (QED) is 0.646. The van der Waals surface area contributed by atoms with Crippen LogP contribution in [0.2, 0.25) is 0 Å². The Morgan fingerprint density at radius 2 is 1.75 bits per heavy atom. The Hall–Kier alpha value is -0.500. The zero-order chi connectivity index (χ0) is 9.30. The molecule has 1 heterocycles. The predicted molar refractivity (Wildman–Crippen MR) is 50.8 cm³/mol. The van der Waals surface area contributed by atoms with Crippen molar-refractivity contribution in [2.24, 2.45) is 0 Å². The SMILES string of the molecule is C=C(C)N1[C@@H](C)CC(O)C[C@@H]1C. The summed E-state index contributed by atoms with van der Waals surface area (Å²) < 4.78 is 0. The summed E-state index contributed by atoms with van der Waals surface area (Å²) >= 11 is 0. The van der Waals surface area contributed by atoms with E-state index >= 15 is 0 Å². The average Bonchev–Trinajstić information content (AvgIpc) is 1.82. The first-order valence-electron chi connectivity index (χ1n) is 4.64. The van der Waals surface area contributed by atoms with Gasteiger partial charge in [0.2, 0.25) is 0 Å². The standard InChI is InChI=1S/C10H19NO/c1-7(2)11-8(3)5-10(12)6-9(11)4/h8-10,12H,1,5-6H2,2-4H3/t8-,9-/m0/s1. The molecule has 0 aromatic rings. The second-order valence-corrected chi connectivity index (χ2v) is 3.97. The molecular weight excluding hydrogens is 150 g/mol. The number of piperidine rings is 1. The van der Waals surface area contributed by atoms with Crippen LogP contribution in [0.15, 0.2) is 12.3 Å². The van der Waals surface area contributed by atoms with Crippen molar-refractivity contribution in [3.05, 3.63) is 12.3 Å². The number of nitrogens with zero attached hydrogens (tertiary/aromatic N) is 1.